The smallest absolute Gasteiger partial charge is 0.127 e. The summed E-state index contributed by atoms with van der Waals surface area (Å²) in [6.07, 6.45) is 0. The normalized spacial score (nSPS) is 10.4. The van der Waals surface area contributed by atoms with Crippen LogP contribution in [0.3, 0.4) is 0 Å². The molecule has 122 valence electrons. The van der Waals surface area contributed by atoms with Gasteiger partial charge in [-0.05, 0) is 47.5 Å². The van der Waals surface area contributed by atoms with E-state index in [9.17, 15) is 0 Å². The first-order chi connectivity index (χ1) is 11.6. The molecule has 4 heteroatoms. The van der Waals surface area contributed by atoms with E-state index >= 15 is 0 Å². The molecule has 0 atom stereocenters. The number of rotatable bonds is 4. The van der Waals surface area contributed by atoms with Crippen molar-refractivity contribution in [2.24, 2.45) is 0 Å². The zero-order valence-corrected chi connectivity index (χ0v) is 13.7. The van der Waals surface area contributed by atoms with E-state index in [4.69, 9.17) is 20.9 Å². The number of anilines is 2. The molecule has 0 aliphatic heterocycles. The van der Waals surface area contributed by atoms with Crippen LogP contribution in [0.15, 0.2) is 60.7 Å². The van der Waals surface area contributed by atoms with Gasteiger partial charge < -0.3 is 20.9 Å². The molecule has 24 heavy (non-hydrogen) atoms. The van der Waals surface area contributed by atoms with Crippen molar-refractivity contribution in [3.63, 3.8) is 0 Å². The summed E-state index contributed by atoms with van der Waals surface area (Å²) in [5, 5.41) is 0. The second-order valence-electron chi connectivity index (χ2n) is 5.50. The summed E-state index contributed by atoms with van der Waals surface area (Å²) in [5.41, 5.74) is 16.9. The molecule has 0 aliphatic rings. The van der Waals surface area contributed by atoms with E-state index in [-0.39, 0.29) is 0 Å². The third-order valence-electron chi connectivity index (χ3n) is 3.96. The fraction of sp³-hybridized carbons (Fsp3) is 0.100. The van der Waals surface area contributed by atoms with Gasteiger partial charge in [0.05, 0.1) is 14.2 Å². The molecule has 0 heterocycles. The summed E-state index contributed by atoms with van der Waals surface area (Å²) in [6.45, 7) is 0. The number of benzene rings is 3. The summed E-state index contributed by atoms with van der Waals surface area (Å²) >= 11 is 0. The number of hydrogen-bond acceptors (Lipinski definition) is 4. The van der Waals surface area contributed by atoms with E-state index in [0.717, 1.165) is 45.1 Å². The fourth-order valence-electron chi connectivity index (χ4n) is 2.67. The lowest BCUT2D eigenvalue weighted by molar-refractivity contribution is 0.406. The minimum absolute atomic E-state index is 0.725. The molecular formula is C20H20N2O2. The quantitative estimate of drug-likeness (QED) is 0.707. The van der Waals surface area contributed by atoms with E-state index in [1.54, 1.807) is 14.2 Å². The van der Waals surface area contributed by atoms with Gasteiger partial charge in [0, 0.05) is 22.5 Å². The minimum Gasteiger partial charge on any atom is -0.496 e. The van der Waals surface area contributed by atoms with Gasteiger partial charge >= 0.3 is 0 Å². The van der Waals surface area contributed by atoms with Gasteiger partial charge in [0.25, 0.3) is 0 Å². The number of methoxy groups -OCH3 is 2. The summed E-state index contributed by atoms with van der Waals surface area (Å²) in [6, 6.07) is 19.3. The Hall–Kier alpha value is -3.14. The predicted molar refractivity (Wildman–Crippen MR) is 99.2 cm³/mol. The summed E-state index contributed by atoms with van der Waals surface area (Å²) in [5.74, 6) is 1.54. The standard InChI is InChI=1S/C20H20N2O2/c1-23-19-11-18(14-5-9-16(22)10-6-14)20(24-2)12-17(19)13-3-7-15(21)8-4-13/h3-12H,21-22H2,1-2H3. The molecule has 0 unspecified atom stereocenters. The molecule has 3 aromatic carbocycles. The molecule has 3 aromatic rings. The first-order valence-corrected chi connectivity index (χ1v) is 7.60. The van der Waals surface area contributed by atoms with Crippen molar-refractivity contribution in [1.82, 2.24) is 0 Å². The van der Waals surface area contributed by atoms with Gasteiger partial charge in [-0.15, -0.1) is 0 Å². The zero-order chi connectivity index (χ0) is 17.1. The van der Waals surface area contributed by atoms with Crippen molar-refractivity contribution in [2.75, 3.05) is 25.7 Å². The van der Waals surface area contributed by atoms with Crippen LogP contribution in [0.1, 0.15) is 0 Å². The molecule has 0 radical (unpaired) electrons. The van der Waals surface area contributed by atoms with Crippen molar-refractivity contribution < 1.29 is 9.47 Å². The molecule has 0 spiro atoms. The van der Waals surface area contributed by atoms with Crippen LogP contribution in [0.5, 0.6) is 11.5 Å². The van der Waals surface area contributed by atoms with Crippen LogP contribution in [0, 0.1) is 0 Å². The maximum absolute atomic E-state index is 5.78. The van der Waals surface area contributed by atoms with Gasteiger partial charge in [0.2, 0.25) is 0 Å². The predicted octanol–water partition coefficient (Wildman–Crippen LogP) is 4.20. The van der Waals surface area contributed by atoms with Crippen LogP contribution in [-0.4, -0.2) is 14.2 Å². The molecule has 0 aromatic heterocycles. The van der Waals surface area contributed by atoms with Crippen LogP contribution in [0.25, 0.3) is 22.3 Å². The minimum atomic E-state index is 0.725. The van der Waals surface area contributed by atoms with E-state index < -0.39 is 0 Å². The second kappa shape index (κ2) is 6.54. The van der Waals surface area contributed by atoms with Gasteiger partial charge in [-0.3, -0.25) is 0 Å². The first-order valence-electron chi connectivity index (χ1n) is 7.60. The summed E-state index contributed by atoms with van der Waals surface area (Å²) < 4.78 is 11.2. The van der Waals surface area contributed by atoms with Crippen LogP contribution in [0.2, 0.25) is 0 Å². The Morgan fingerprint density at radius 1 is 0.583 bits per heavy atom. The molecule has 4 N–H and O–H groups in total. The monoisotopic (exact) mass is 320 g/mol. The fourth-order valence-corrected chi connectivity index (χ4v) is 2.67. The van der Waals surface area contributed by atoms with Gasteiger partial charge in [-0.1, -0.05) is 24.3 Å². The van der Waals surface area contributed by atoms with Crippen molar-refractivity contribution in [3.8, 4) is 33.8 Å². The van der Waals surface area contributed by atoms with E-state index in [2.05, 4.69) is 0 Å². The number of hydrogen-bond donors (Lipinski definition) is 2. The molecule has 4 nitrogen and oxygen atoms in total. The average molecular weight is 320 g/mol. The van der Waals surface area contributed by atoms with Crippen molar-refractivity contribution >= 4 is 11.4 Å². The Labute approximate surface area is 141 Å². The van der Waals surface area contributed by atoms with Crippen LogP contribution < -0.4 is 20.9 Å². The third kappa shape index (κ3) is 2.99. The zero-order valence-electron chi connectivity index (χ0n) is 13.7. The number of ether oxygens (including phenoxy) is 2. The largest absolute Gasteiger partial charge is 0.496 e. The molecule has 0 bridgehead atoms. The summed E-state index contributed by atoms with van der Waals surface area (Å²) in [4.78, 5) is 0. The molecule has 3 rings (SSSR count). The van der Waals surface area contributed by atoms with E-state index in [1.807, 2.05) is 60.7 Å². The second-order valence-corrected chi connectivity index (χ2v) is 5.50. The molecule has 0 saturated heterocycles. The average Bonchev–Trinajstić information content (AvgIpc) is 2.62. The maximum atomic E-state index is 5.78. The van der Waals surface area contributed by atoms with Crippen molar-refractivity contribution in [2.45, 2.75) is 0 Å². The van der Waals surface area contributed by atoms with Crippen molar-refractivity contribution in [1.29, 1.82) is 0 Å². The topological polar surface area (TPSA) is 70.5 Å². The van der Waals surface area contributed by atoms with Crippen LogP contribution >= 0.6 is 0 Å². The van der Waals surface area contributed by atoms with Gasteiger partial charge in [0.15, 0.2) is 0 Å². The highest BCUT2D eigenvalue weighted by Crippen LogP contribution is 2.41. The van der Waals surface area contributed by atoms with Gasteiger partial charge in [-0.2, -0.15) is 0 Å². The van der Waals surface area contributed by atoms with Crippen molar-refractivity contribution in [3.05, 3.63) is 60.7 Å². The van der Waals surface area contributed by atoms with Crippen LogP contribution in [-0.2, 0) is 0 Å². The lowest BCUT2D eigenvalue weighted by Crippen LogP contribution is -1.94. The Bertz CT molecular complexity index is 768. The Balaban J connectivity index is 2.16. The van der Waals surface area contributed by atoms with Crippen LogP contribution in [0.4, 0.5) is 11.4 Å². The molecule has 0 fully saturated rings. The van der Waals surface area contributed by atoms with Gasteiger partial charge in [-0.25, -0.2) is 0 Å². The highest BCUT2D eigenvalue weighted by Gasteiger charge is 2.14. The SMILES string of the molecule is COc1cc(-c2ccc(N)cc2)c(OC)cc1-c1ccc(N)cc1. The lowest BCUT2D eigenvalue weighted by Gasteiger charge is -2.15. The Morgan fingerprint density at radius 3 is 1.21 bits per heavy atom. The highest BCUT2D eigenvalue weighted by atomic mass is 16.5. The van der Waals surface area contributed by atoms with E-state index in [1.165, 1.54) is 0 Å². The molecule has 0 aliphatic carbocycles. The Morgan fingerprint density at radius 2 is 0.917 bits per heavy atom. The molecule has 0 saturated carbocycles. The van der Waals surface area contributed by atoms with E-state index in [0.29, 0.717) is 0 Å². The summed E-state index contributed by atoms with van der Waals surface area (Å²) in [7, 11) is 3.32. The number of nitrogen functional groups attached to an aromatic ring is 2. The third-order valence-corrected chi connectivity index (χ3v) is 3.96. The molecular weight excluding hydrogens is 300 g/mol. The maximum Gasteiger partial charge on any atom is 0.127 e. The lowest BCUT2D eigenvalue weighted by atomic mass is 9.97. The number of nitrogens with two attached hydrogens (primary N) is 2. The molecule has 0 amide bonds. The van der Waals surface area contributed by atoms with Gasteiger partial charge in [0.1, 0.15) is 11.5 Å². The highest BCUT2D eigenvalue weighted by molar-refractivity contribution is 5.82. The Kier molecular flexibility index (Phi) is 4.29. The first kappa shape index (κ1) is 15.7.